The Kier molecular flexibility index (Phi) is 14.1. The van der Waals surface area contributed by atoms with Crippen LogP contribution in [-0.4, -0.2) is 112 Å². The highest BCUT2D eigenvalue weighted by molar-refractivity contribution is 5.79. The molecule has 226 valence electrons. The largest absolute Gasteiger partial charge is 0.497 e. The molecule has 0 unspecified atom stereocenters. The minimum Gasteiger partial charge on any atom is -0.497 e. The molecule has 9 heteroatoms. The topological polar surface area (TPSA) is 83.6 Å². The third-order valence-electron chi connectivity index (χ3n) is 7.33. The summed E-state index contributed by atoms with van der Waals surface area (Å²) in [5, 5.41) is 3.32. The van der Waals surface area contributed by atoms with E-state index in [0.29, 0.717) is 45.9 Å². The maximum atomic E-state index is 13.4. The molecule has 1 atom stereocenters. The summed E-state index contributed by atoms with van der Waals surface area (Å²) in [5.41, 5.74) is 3.23. The monoisotopic (exact) mass is 568 g/mol. The lowest BCUT2D eigenvalue weighted by atomic mass is 10.1. The molecule has 2 aliphatic heterocycles. The lowest BCUT2D eigenvalue weighted by Crippen LogP contribution is -2.52. The molecule has 1 aromatic rings. The Labute approximate surface area is 245 Å². The second-order valence-corrected chi connectivity index (χ2v) is 10.7. The minimum absolute atomic E-state index is 0.00193. The van der Waals surface area contributed by atoms with Gasteiger partial charge in [-0.15, -0.1) is 0 Å². The summed E-state index contributed by atoms with van der Waals surface area (Å²) in [6.45, 7) is 10.3. The third kappa shape index (κ3) is 11.1. The van der Waals surface area contributed by atoms with Gasteiger partial charge in [0.2, 0.25) is 11.8 Å². The van der Waals surface area contributed by atoms with Crippen molar-refractivity contribution < 1.29 is 23.8 Å². The minimum atomic E-state index is -0.122. The number of ether oxygens (including phenoxy) is 3. The molecule has 0 spiro atoms. The molecule has 41 heavy (non-hydrogen) atoms. The van der Waals surface area contributed by atoms with Crippen LogP contribution in [0, 0.1) is 0 Å². The van der Waals surface area contributed by atoms with E-state index >= 15 is 0 Å². The molecular formula is C32H48N4O5. The lowest BCUT2D eigenvalue weighted by Gasteiger charge is -2.36. The number of carbonyl (C=O) groups is 2. The summed E-state index contributed by atoms with van der Waals surface area (Å²) in [6, 6.07) is 7.67. The van der Waals surface area contributed by atoms with Crippen LogP contribution in [0.25, 0.3) is 0 Å². The highest BCUT2D eigenvalue weighted by Crippen LogP contribution is 2.19. The molecule has 2 heterocycles. The van der Waals surface area contributed by atoms with Crippen molar-refractivity contribution in [1.82, 2.24) is 20.0 Å². The van der Waals surface area contributed by atoms with Crippen LogP contribution in [0.4, 0.5) is 0 Å². The maximum Gasteiger partial charge on any atom is 0.249 e. The van der Waals surface area contributed by atoms with Crippen LogP contribution in [0.15, 0.2) is 59.7 Å². The molecule has 0 aromatic heterocycles. The molecule has 3 rings (SSSR count). The van der Waals surface area contributed by atoms with E-state index in [9.17, 15) is 9.59 Å². The molecule has 0 radical (unpaired) electrons. The third-order valence-corrected chi connectivity index (χ3v) is 7.33. The van der Waals surface area contributed by atoms with E-state index < -0.39 is 0 Å². The van der Waals surface area contributed by atoms with Gasteiger partial charge in [-0.05, 0) is 48.6 Å². The summed E-state index contributed by atoms with van der Waals surface area (Å²) < 4.78 is 16.4. The van der Waals surface area contributed by atoms with Crippen LogP contribution in [0.5, 0.6) is 5.75 Å². The average molecular weight is 569 g/mol. The van der Waals surface area contributed by atoms with E-state index in [1.807, 2.05) is 34.1 Å². The first kappa shape index (κ1) is 32.5. The van der Waals surface area contributed by atoms with E-state index in [1.165, 1.54) is 0 Å². The molecule has 9 nitrogen and oxygen atoms in total. The van der Waals surface area contributed by atoms with Crippen LogP contribution in [0.1, 0.15) is 32.3 Å². The van der Waals surface area contributed by atoms with Crippen molar-refractivity contribution in [3.63, 3.8) is 0 Å². The van der Waals surface area contributed by atoms with Crippen molar-refractivity contribution in [2.45, 2.75) is 39.3 Å². The molecule has 2 amide bonds. The van der Waals surface area contributed by atoms with Gasteiger partial charge in [0.05, 0.1) is 26.9 Å². The molecular weight excluding hydrogens is 520 g/mol. The Hall–Kier alpha value is -2.98. The van der Waals surface area contributed by atoms with Gasteiger partial charge < -0.3 is 29.3 Å². The predicted octanol–water partition coefficient (Wildman–Crippen LogP) is 3.03. The van der Waals surface area contributed by atoms with Crippen LogP contribution >= 0.6 is 0 Å². The summed E-state index contributed by atoms with van der Waals surface area (Å²) in [4.78, 5) is 32.8. The van der Waals surface area contributed by atoms with Gasteiger partial charge in [0.15, 0.2) is 0 Å². The molecule has 0 aliphatic carbocycles. The van der Waals surface area contributed by atoms with Crippen molar-refractivity contribution in [2.75, 3.05) is 79.9 Å². The second kappa shape index (κ2) is 17.7. The molecule has 1 saturated heterocycles. The van der Waals surface area contributed by atoms with Gasteiger partial charge in [0.25, 0.3) is 0 Å². The standard InChI is InChI=1S/C32H48N4O5/c1-5-29(36(32(38)25-39-3)21-28-11-9-12-30(19-28)40-4)22-34(23-31(37)35-15-13-33-14-16-35)20-27-10-7-6-8-17-41-24-26(2)18-27/h6-7,9-12,18-19,29,33H,5,8,13-17,20-25H2,1-4H3/b7-6+,26-18+,27-10+/t29-/m0/s1. The molecule has 0 saturated carbocycles. The number of amides is 2. The van der Waals surface area contributed by atoms with E-state index in [4.69, 9.17) is 14.2 Å². The van der Waals surface area contributed by atoms with E-state index in [0.717, 1.165) is 48.4 Å². The average Bonchev–Trinajstić information content (AvgIpc) is 2.98. The quantitative estimate of drug-likeness (QED) is 0.392. The smallest absolute Gasteiger partial charge is 0.249 e. The van der Waals surface area contributed by atoms with Crippen molar-refractivity contribution in [1.29, 1.82) is 0 Å². The summed E-state index contributed by atoms with van der Waals surface area (Å²) in [7, 11) is 3.18. The molecule has 1 N–H and O–H groups in total. The van der Waals surface area contributed by atoms with Crippen LogP contribution < -0.4 is 10.1 Å². The fraction of sp³-hybridized carbons (Fsp3) is 0.562. The fourth-order valence-corrected chi connectivity index (χ4v) is 5.17. The zero-order valence-corrected chi connectivity index (χ0v) is 25.3. The van der Waals surface area contributed by atoms with Crippen molar-refractivity contribution in [2.24, 2.45) is 0 Å². The highest BCUT2D eigenvalue weighted by Gasteiger charge is 2.27. The van der Waals surface area contributed by atoms with Gasteiger partial charge >= 0.3 is 0 Å². The number of methoxy groups -OCH3 is 2. The van der Waals surface area contributed by atoms with Crippen molar-refractivity contribution in [3.05, 3.63) is 65.3 Å². The number of benzene rings is 1. The van der Waals surface area contributed by atoms with Gasteiger partial charge in [0, 0.05) is 59.0 Å². The van der Waals surface area contributed by atoms with Crippen LogP contribution in [-0.2, 0) is 25.6 Å². The number of rotatable bonds is 13. The highest BCUT2D eigenvalue weighted by atomic mass is 16.5. The van der Waals surface area contributed by atoms with Gasteiger partial charge in [-0.1, -0.05) is 43.4 Å². The fourth-order valence-electron chi connectivity index (χ4n) is 5.17. The Morgan fingerprint density at radius 3 is 2.71 bits per heavy atom. The van der Waals surface area contributed by atoms with E-state index in [-0.39, 0.29) is 31.0 Å². The Bertz CT molecular complexity index is 1060. The SMILES string of the molecule is CC[C@@H](CN(CC(=O)N1CCNCC1)CC1=C/C=C/CCOC\C(C)=C\1)N(Cc1cccc(OC)c1)C(=O)COC. The number of hydrogen-bond acceptors (Lipinski definition) is 7. The summed E-state index contributed by atoms with van der Waals surface area (Å²) in [5.74, 6) is 0.785. The van der Waals surface area contributed by atoms with E-state index in [2.05, 4.69) is 48.4 Å². The van der Waals surface area contributed by atoms with Crippen molar-refractivity contribution >= 4 is 11.8 Å². The second-order valence-electron chi connectivity index (χ2n) is 10.7. The van der Waals surface area contributed by atoms with Gasteiger partial charge in [-0.25, -0.2) is 0 Å². The molecule has 1 aromatic carbocycles. The number of piperazine rings is 1. The predicted molar refractivity (Wildman–Crippen MR) is 162 cm³/mol. The van der Waals surface area contributed by atoms with Gasteiger partial charge in [0.1, 0.15) is 12.4 Å². The first-order valence-electron chi connectivity index (χ1n) is 14.7. The number of nitrogens with zero attached hydrogens (tertiary/aromatic N) is 3. The van der Waals surface area contributed by atoms with Gasteiger partial charge in [-0.3, -0.25) is 14.5 Å². The maximum absolute atomic E-state index is 13.4. The Morgan fingerprint density at radius 2 is 1.98 bits per heavy atom. The number of allylic oxidation sites excluding steroid dienone is 2. The zero-order chi connectivity index (χ0) is 29.5. The summed E-state index contributed by atoms with van der Waals surface area (Å²) in [6.07, 6.45) is 10.1. The molecule has 2 aliphatic rings. The number of carbonyl (C=O) groups excluding carboxylic acids is 2. The summed E-state index contributed by atoms with van der Waals surface area (Å²) >= 11 is 0. The Morgan fingerprint density at radius 1 is 1.17 bits per heavy atom. The Balaban J connectivity index is 1.88. The number of hydrogen-bond donors (Lipinski definition) is 1. The van der Waals surface area contributed by atoms with Gasteiger partial charge in [-0.2, -0.15) is 0 Å². The normalized spacial score (nSPS) is 20.4. The van der Waals surface area contributed by atoms with Crippen LogP contribution in [0.2, 0.25) is 0 Å². The first-order chi connectivity index (χ1) is 19.9. The molecule has 1 fully saturated rings. The molecule has 0 bridgehead atoms. The first-order valence-corrected chi connectivity index (χ1v) is 14.7. The zero-order valence-electron chi connectivity index (χ0n) is 25.3. The lowest BCUT2D eigenvalue weighted by molar-refractivity contribution is -0.139. The van der Waals surface area contributed by atoms with Crippen LogP contribution in [0.3, 0.4) is 0 Å². The number of nitrogens with one attached hydrogen (secondary N) is 1. The van der Waals surface area contributed by atoms with Crippen molar-refractivity contribution in [3.8, 4) is 5.75 Å². The van der Waals surface area contributed by atoms with E-state index in [1.54, 1.807) is 14.2 Å².